The van der Waals surface area contributed by atoms with Crippen molar-refractivity contribution in [3.8, 4) is 5.75 Å². The van der Waals surface area contributed by atoms with Gasteiger partial charge in [-0.3, -0.25) is 4.79 Å². The summed E-state index contributed by atoms with van der Waals surface area (Å²) in [6.07, 6.45) is 12.5. The molecular formula is C24H26FN3O2. The van der Waals surface area contributed by atoms with Crippen molar-refractivity contribution in [3.63, 3.8) is 0 Å². The third-order valence-corrected chi connectivity index (χ3v) is 6.05. The van der Waals surface area contributed by atoms with Gasteiger partial charge in [0.15, 0.2) is 5.75 Å². The molecule has 1 unspecified atom stereocenters. The Morgan fingerprint density at radius 3 is 2.80 bits per heavy atom. The number of halogens is 1. The summed E-state index contributed by atoms with van der Waals surface area (Å²) in [7, 11) is 0. The van der Waals surface area contributed by atoms with E-state index in [1.807, 2.05) is 26.0 Å². The third kappa shape index (κ3) is 4.13. The Bertz CT molecular complexity index is 986. The fourth-order valence-electron chi connectivity index (χ4n) is 4.21. The summed E-state index contributed by atoms with van der Waals surface area (Å²) >= 11 is 0. The van der Waals surface area contributed by atoms with Crippen LogP contribution in [0, 0.1) is 30.0 Å². The average Bonchev–Trinajstić information content (AvgIpc) is 3.51. The second-order valence-electron chi connectivity index (χ2n) is 8.01. The molecule has 2 aliphatic rings. The molecule has 30 heavy (non-hydrogen) atoms. The molecule has 1 amide bonds. The van der Waals surface area contributed by atoms with Gasteiger partial charge in [0.05, 0.1) is 18.5 Å². The molecule has 0 radical (unpaired) electrons. The fourth-order valence-corrected chi connectivity index (χ4v) is 4.21. The van der Waals surface area contributed by atoms with E-state index in [1.165, 1.54) is 12.1 Å². The summed E-state index contributed by atoms with van der Waals surface area (Å²) in [6, 6.07) is 5.84. The molecule has 6 heteroatoms. The van der Waals surface area contributed by atoms with Crippen LogP contribution in [0.3, 0.4) is 0 Å². The number of allylic oxidation sites excluding steroid dienone is 4. The number of aromatic nitrogens is 2. The SMILES string of the molecule is CCc1nc(C)ncc1OC[C@@]1(C2C=CC=CC2)C[C@H]1C(=O)Nc1ccc(F)cc1. The molecule has 156 valence electrons. The lowest BCUT2D eigenvalue weighted by Gasteiger charge is -2.27. The standard InChI is InChI=1S/C24H26FN3O2/c1-3-21-22(14-26-16(2)27-21)30-15-24(17-7-5-4-6-8-17)13-20(24)23(29)28-19-11-9-18(25)10-12-19/h4-7,9-12,14,17,20H,3,8,13,15H2,1-2H3,(H,28,29)/t17?,20-,24+/m0/s1. The largest absolute Gasteiger partial charge is 0.489 e. The smallest absolute Gasteiger partial charge is 0.228 e. The summed E-state index contributed by atoms with van der Waals surface area (Å²) in [5.74, 6) is 1.08. The lowest BCUT2D eigenvalue weighted by molar-refractivity contribution is -0.118. The van der Waals surface area contributed by atoms with Crippen LogP contribution in [0.4, 0.5) is 10.1 Å². The molecule has 2 aliphatic carbocycles. The number of amides is 1. The predicted molar refractivity (Wildman–Crippen MR) is 114 cm³/mol. The molecule has 1 aromatic carbocycles. The summed E-state index contributed by atoms with van der Waals surface area (Å²) in [6.45, 7) is 4.33. The summed E-state index contributed by atoms with van der Waals surface area (Å²) in [4.78, 5) is 21.7. The van der Waals surface area contributed by atoms with Gasteiger partial charge in [-0.05, 0) is 56.4 Å². The molecule has 3 atom stereocenters. The summed E-state index contributed by atoms with van der Waals surface area (Å²) in [5, 5.41) is 2.93. The van der Waals surface area contributed by atoms with E-state index < -0.39 is 0 Å². The Kier molecular flexibility index (Phi) is 5.66. The van der Waals surface area contributed by atoms with Gasteiger partial charge in [0.1, 0.15) is 11.6 Å². The Morgan fingerprint density at radius 2 is 2.10 bits per heavy atom. The van der Waals surface area contributed by atoms with Gasteiger partial charge in [0.2, 0.25) is 5.91 Å². The monoisotopic (exact) mass is 407 g/mol. The zero-order chi connectivity index (χ0) is 21.1. The lowest BCUT2D eigenvalue weighted by atomic mass is 9.82. The van der Waals surface area contributed by atoms with Crippen LogP contribution in [0.1, 0.15) is 31.3 Å². The predicted octanol–water partition coefficient (Wildman–Crippen LogP) is 4.64. The van der Waals surface area contributed by atoms with Crippen molar-refractivity contribution in [1.29, 1.82) is 0 Å². The number of rotatable bonds is 7. The molecule has 0 bridgehead atoms. The van der Waals surface area contributed by atoms with Crippen molar-refractivity contribution in [3.05, 3.63) is 72.1 Å². The first kappa shape index (κ1) is 20.3. The number of ether oxygens (including phenoxy) is 1. The zero-order valence-electron chi connectivity index (χ0n) is 17.3. The second kappa shape index (κ2) is 8.38. The van der Waals surface area contributed by atoms with Crippen molar-refractivity contribution in [2.75, 3.05) is 11.9 Å². The molecule has 0 spiro atoms. The molecule has 5 nitrogen and oxygen atoms in total. The number of carbonyl (C=O) groups is 1. The van der Waals surface area contributed by atoms with Gasteiger partial charge in [-0.2, -0.15) is 0 Å². The second-order valence-corrected chi connectivity index (χ2v) is 8.01. The molecular weight excluding hydrogens is 381 g/mol. The van der Waals surface area contributed by atoms with Crippen molar-refractivity contribution < 1.29 is 13.9 Å². The first-order chi connectivity index (χ1) is 14.5. The van der Waals surface area contributed by atoms with E-state index in [9.17, 15) is 9.18 Å². The minimum atomic E-state index is -0.326. The minimum Gasteiger partial charge on any atom is -0.489 e. The van der Waals surface area contributed by atoms with E-state index in [0.29, 0.717) is 18.0 Å². The first-order valence-corrected chi connectivity index (χ1v) is 10.4. The number of hydrogen-bond donors (Lipinski definition) is 1. The summed E-state index contributed by atoms with van der Waals surface area (Å²) < 4.78 is 19.4. The molecule has 1 heterocycles. The van der Waals surface area contributed by atoms with Gasteiger partial charge in [0, 0.05) is 17.0 Å². The molecule has 4 rings (SSSR count). The van der Waals surface area contributed by atoms with Crippen LogP contribution >= 0.6 is 0 Å². The van der Waals surface area contributed by atoms with Gasteiger partial charge in [-0.25, -0.2) is 14.4 Å². The fraction of sp³-hybridized carbons (Fsp3) is 0.375. The molecule has 0 saturated heterocycles. The van der Waals surface area contributed by atoms with Crippen LogP contribution in [0.5, 0.6) is 5.75 Å². The van der Waals surface area contributed by atoms with Crippen molar-refractivity contribution in [2.45, 2.75) is 33.1 Å². The summed E-state index contributed by atoms with van der Waals surface area (Å²) in [5.41, 5.74) is 1.20. The van der Waals surface area contributed by atoms with Crippen LogP contribution in [-0.2, 0) is 11.2 Å². The molecule has 1 aromatic heterocycles. The highest BCUT2D eigenvalue weighted by atomic mass is 19.1. The van der Waals surface area contributed by atoms with Gasteiger partial charge in [-0.1, -0.05) is 31.2 Å². The van der Waals surface area contributed by atoms with Gasteiger partial charge >= 0.3 is 0 Å². The van der Waals surface area contributed by atoms with Crippen molar-refractivity contribution in [2.24, 2.45) is 17.3 Å². The van der Waals surface area contributed by atoms with Crippen LogP contribution in [0.15, 0.2) is 54.8 Å². The van der Waals surface area contributed by atoms with Crippen LogP contribution in [0.25, 0.3) is 0 Å². The maximum absolute atomic E-state index is 13.2. The van der Waals surface area contributed by atoms with E-state index in [4.69, 9.17) is 4.74 Å². The zero-order valence-corrected chi connectivity index (χ0v) is 17.3. The first-order valence-electron chi connectivity index (χ1n) is 10.4. The lowest BCUT2D eigenvalue weighted by Crippen LogP contribution is -2.29. The maximum atomic E-state index is 13.2. The number of nitrogens with zero attached hydrogens (tertiary/aromatic N) is 2. The molecule has 1 N–H and O–H groups in total. The highest BCUT2D eigenvalue weighted by molar-refractivity contribution is 5.95. The number of benzene rings is 1. The normalized spacial score (nSPS) is 24.5. The Morgan fingerprint density at radius 1 is 1.30 bits per heavy atom. The van der Waals surface area contributed by atoms with Gasteiger partial charge in [0.25, 0.3) is 0 Å². The molecule has 0 aliphatic heterocycles. The number of aryl methyl sites for hydroxylation is 2. The van der Waals surface area contributed by atoms with E-state index >= 15 is 0 Å². The number of nitrogens with one attached hydrogen (secondary N) is 1. The number of hydrogen-bond acceptors (Lipinski definition) is 4. The highest BCUT2D eigenvalue weighted by Crippen LogP contribution is 2.60. The maximum Gasteiger partial charge on any atom is 0.228 e. The van der Waals surface area contributed by atoms with Gasteiger partial charge < -0.3 is 10.1 Å². The Balaban J connectivity index is 1.51. The Labute approximate surface area is 176 Å². The van der Waals surface area contributed by atoms with Crippen LogP contribution in [0.2, 0.25) is 0 Å². The van der Waals surface area contributed by atoms with E-state index in [1.54, 1.807) is 18.3 Å². The topological polar surface area (TPSA) is 64.1 Å². The van der Waals surface area contributed by atoms with Crippen LogP contribution < -0.4 is 10.1 Å². The van der Waals surface area contributed by atoms with Crippen molar-refractivity contribution in [1.82, 2.24) is 9.97 Å². The van der Waals surface area contributed by atoms with Crippen LogP contribution in [-0.4, -0.2) is 22.5 Å². The van der Waals surface area contributed by atoms with Crippen molar-refractivity contribution >= 4 is 11.6 Å². The molecule has 1 fully saturated rings. The Hall–Kier alpha value is -3.02. The van der Waals surface area contributed by atoms with Gasteiger partial charge in [-0.15, -0.1) is 0 Å². The van der Waals surface area contributed by atoms with E-state index in [2.05, 4.69) is 27.4 Å². The minimum absolute atomic E-state index is 0.0518. The molecule has 2 aromatic rings. The number of carbonyl (C=O) groups excluding carboxylic acids is 1. The van der Waals surface area contributed by atoms with E-state index in [0.717, 1.165) is 30.8 Å². The van der Waals surface area contributed by atoms with E-state index in [-0.39, 0.29) is 29.0 Å². The number of anilines is 1. The highest BCUT2D eigenvalue weighted by Gasteiger charge is 2.62. The third-order valence-electron chi connectivity index (χ3n) is 6.05. The quantitative estimate of drug-likeness (QED) is 0.726. The molecule has 1 saturated carbocycles. The average molecular weight is 407 g/mol.